The molecule has 0 fully saturated rings. The first-order valence-electron chi connectivity index (χ1n) is 9.11. The predicted molar refractivity (Wildman–Crippen MR) is 109 cm³/mol. The second-order valence-corrected chi connectivity index (χ2v) is 6.99. The normalized spacial score (nSPS) is 15.3. The Kier molecular flexibility index (Phi) is 6.39. The summed E-state index contributed by atoms with van der Waals surface area (Å²) >= 11 is 6.26. The Bertz CT molecular complexity index is 946. The molecule has 0 radical (unpaired) electrons. The standard InChI is InChI=1S/C21H21ClN2O5/c1-13-21(27)24(12-14-5-3-4-6-16(14)22)17-11-15(7-8-18(17)29-13)23-19(25)9-10-20(26)28-2/h3-8,11,13H,9-10,12H2,1-2H3,(H,23,25). The molecule has 0 spiro atoms. The minimum atomic E-state index is -0.634. The molecule has 0 saturated carbocycles. The van der Waals surface area contributed by atoms with Crippen LogP contribution in [0, 0.1) is 0 Å². The summed E-state index contributed by atoms with van der Waals surface area (Å²) < 4.78 is 10.2. The number of esters is 1. The highest BCUT2D eigenvalue weighted by Crippen LogP contribution is 2.37. The SMILES string of the molecule is COC(=O)CCC(=O)Nc1ccc2c(c1)N(Cc1ccccc1Cl)C(=O)C(C)O2. The van der Waals surface area contributed by atoms with Crippen LogP contribution in [0.2, 0.25) is 5.02 Å². The van der Waals surface area contributed by atoms with Crippen molar-refractivity contribution in [3.05, 3.63) is 53.1 Å². The number of carbonyl (C=O) groups excluding carboxylic acids is 3. The lowest BCUT2D eigenvalue weighted by atomic mass is 10.1. The number of anilines is 2. The van der Waals surface area contributed by atoms with Crippen molar-refractivity contribution in [1.29, 1.82) is 0 Å². The first-order valence-corrected chi connectivity index (χ1v) is 9.49. The zero-order valence-electron chi connectivity index (χ0n) is 16.1. The molecule has 152 valence electrons. The van der Waals surface area contributed by atoms with Gasteiger partial charge in [0.25, 0.3) is 5.91 Å². The molecule has 2 aromatic rings. The number of nitrogens with zero attached hydrogens (tertiary/aromatic N) is 1. The highest BCUT2D eigenvalue weighted by Gasteiger charge is 2.32. The Morgan fingerprint density at radius 3 is 2.69 bits per heavy atom. The second-order valence-electron chi connectivity index (χ2n) is 6.58. The summed E-state index contributed by atoms with van der Waals surface area (Å²) in [5.74, 6) is -0.447. The van der Waals surface area contributed by atoms with E-state index >= 15 is 0 Å². The molecule has 0 saturated heterocycles. The van der Waals surface area contributed by atoms with E-state index in [1.54, 1.807) is 36.1 Å². The number of carbonyl (C=O) groups is 3. The molecule has 2 amide bonds. The lowest BCUT2D eigenvalue weighted by molar-refractivity contribution is -0.141. The number of hydrogen-bond acceptors (Lipinski definition) is 5. The molecule has 0 aromatic heterocycles. The fraction of sp³-hybridized carbons (Fsp3) is 0.286. The number of nitrogens with one attached hydrogen (secondary N) is 1. The molecule has 7 nitrogen and oxygen atoms in total. The number of methoxy groups -OCH3 is 1. The molecule has 1 aliphatic rings. The van der Waals surface area contributed by atoms with Gasteiger partial charge in [0.2, 0.25) is 5.91 Å². The first-order chi connectivity index (χ1) is 13.9. The molecule has 1 N–H and O–H groups in total. The van der Waals surface area contributed by atoms with Gasteiger partial charge in [0.15, 0.2) is 6.10 Å². The first kappa shape index (κ1) is 20.7. The minimum absolute atomic E-state index is 0.000436. The summed E-state index contributed by atoms with van der Waals surface area (Å²) in [6.07, 6.45) is -0.643. The van der Waals surface area contributed by atoms with Gasteiger partial charge in [0, 0.05) is 17.1 Å². The van der Waals surface area contributed by atoms with Crippen molar-refractivity contribution in [2.24, 2.45) is 0 Å². The summed E-state index contributed by atoms with van der Waals surface area (Å²) in [5.41, 5.74) is 1.84. The van der Waals surface area contributed by atoms with Crippen LogP contribution in [0.4, 0.5) is 11.4 Å². The fourth-order valence-corrected chi connectivity index (χ4v) is 3.18. The highest BCUT2D eigenvalue weighted by molar-refractivity contribution is 6.31. The Balaban J connectivity index is 1.83. The van der Waals surface area contributed by atoms with E-state index in [2.05, 4.69) is 10.1 Å². The van der Waals surface area contributed by atoms with Gasteiger partial charge in [0.05, 0.1) is 25.8 Å². The van der Waals surface area contributed by atoms with E-state index in [0.717, 1.165) is 5.56 Å². The molecule has 8 heteroatoms. The van der Waals surface area contributed by atoms with Crippen molar-refractivity contribution in [3.63, 3.8) is 0 Å². The van der Waals surface area contributed by atoms with Crippen LogP contribution in [0.3, 0.4) is 0 Å². The number of benzene rings is 2. The lowest BCUT2D eigenvalue weighted by Crippen LogP contribution is -2.44. The van der Waals surface area contributed by atoms with Gasteiger partial charge in [-0.05, 0) is 36.8 Å². The number of ether oxygens (including phenoxy) is 2. The van der Waals surface area contributed by atoms with Crippen LogP contribution in [0.25, 0.3) is 0 Å². The molecule has 29 heavy (non-hydrogen) atoms. The van der Waals surface area contributed by atoms with Gasteiger partial charge in [-0.1, -0.05) is 29.8 Å². The Hall–Kier alpha value is -3.06. The summed E-state index contributed by atoms with van der Waals surface area (Å²) in [6, 6.07) is 12.4. The molecule has 1 unspecified atom stereocenters. The predicted octanol–water partition coefficient (Wildman–Crippen LogP) is 3.55. The molecule has 0 bridgehead atoms. The minimum Gasteiger partial charge on any atom is -0.479 e. The number of halogens is 1. The Morgan fingerprint density at radius 1 is 1.21 bits per heavy atom. The average Bonchev–Trinajstić information content (AvgIpc) is 2.71. The Labute approximate surface area is 173 Å². The third-order valence-corrected chi connectivity index (χ3v) is 4.89. The maximum absolute atomic E-state index is 12.8. The summed E-state index contributed by atoms with van der Waals surface area (Å²) in [4.78, 5) is 37.6. The van der Waals surface area contributed by atoms with Crippen molar-refractivity contribution in [2.75, 3.05) is 17.3 Å². The molecule has 1 heterocycles. The van der Waals surface area contributed by atoms with E-state index in [-0.39, 0.29) is 31.2 Å². The molecule has 0 aliphatic carbocycles. The van der Waals surface area contributed by atoms with Crippen LogP contribution in [0.5, 0.6) is 5.75 Å². The maximum atomic E-state index is 12.8. The van der Waals surface area contributed by atoms with E-state index in [4.69, 9.17) is 16.3 Å². The van der Waals surface area contributed by atoms with Crippen LogP contribution >= 0.6 is 11.6 Å². The molecule has 1 atom stereocenters. The van der Waals surface area contributed by atoms with Crippen molar-refractivity contribution in [2.45, 2.75) is 32.4 Å². The highest BCUT2D eigenvalue weighted by atomic mass is 35.5. The van der Waals surface area contributed by atoms with E-state index in [9.17, 15) is 14.4 Å². The second kappa shape index (κ2) is 8.96. The molecule has 3 rings (SSSR count). The monoisotopic (exact) mass is 416 g/mol. The number of fused-ring (bicyclic) bond motifs is 1. The van der Waals surface area contributed by atoms with Crippen molar-refractivity contribution >= 4 is 40.8 Å². The van der Waals surface area contributed by atoms with Crippen molar-refractivity contribution in [1.82, 2.24) is 0 Å². The topological polar surface area (TPSA) is 84.9 Å². The van der Waals surface area contributed by atoms with E-state index in [1.807, 2.05) is 18.2 Å². The van der Waals surface area contributed by atoms with Gasteiger partial charge in [-0.3, -0.25) is 14.4 Å². The fourth-order valence-electron chi connectivity index (χ4n) is 2.99. The lowest BCUT2D eigenvalue weighted by Gasteiger charge is -2.33. The Morgan fingerprint density at radius 2 is 1.97 bits per heavy atom. The maximum Gasteiger partial charge on any atom is 0.306 e. The van der Waals surface area contributed by atoms with Crippen LogP contribution in [-0.2, 0) is 25.7 Å². The van der Waals surface area contributed by atoms with Crippen molar-refractivity contribution < 1.29 is 23.9 Å². The van der Waals surface area contributed by atoms with Gasteiger partial charge in [-0.2, -0.15) is 0 Å². The number of hydrogen-bond donors (Lipinski definition) is 1. The molecule has 2 aromatic carbocycles. The summed E-state index contributed by atoms with van der Waals surface area (Å²) in [5, 5.41) is 3.29. The smallest absolute Gasteiger partial charge is 0.306 e. The molecule has 1 aliphatic heterocycles. The van der Waals surface area contributed by atoms with Crippen LogP contribution in [-0.4, -0.2) is 31.0 Å². The van der Waals surface area contributed by atoms with E-state index in [1.165, 1.54) is 7.11 Å². The van der Waals surface area contributed by atoms with Gasteiger partial charge in [0.1, 0.15) is 5.75 Å². The van der Waals surface area contributed by atoms with Gasteiger partial charge in [-0.15, -0.1) is 0 Å². The average molecular weight is 417 g/mol. The van der Waals surface area contributed by atoms with E-state index < -0.39 is 12.1 Å². The summed E-state index contributed by atoms with van der Waals surface area (Å²) in [7, 11) is 1.27. The van der Waals surface area contributed by atoms with Gasteiger partial charge >= 0.3 is 5.97 Å². The number of rotatable bonds is 6. The van der Waals surface area contributed by atoms with Crippen LogP contribution < -0.4 is 15.0 Å². The number of amides is 2. The zero-order chi connectivity index (χ0) is 21.0. The largest absolute Gasteiger partial charge is 0.479 e. The molecular weight excluding hydrogens is 396 g/mol. The van der Waals surface area contributed by atoms with Crippen LogP contribution in [0.1, 0.15) is 25.3 Å². The third kappa shape index (κ3) is 4.86. The van der Waals surface area contributed by atoms with Gasteiger partial charge in [-0.25, -0.2) is 0 Å². The third-order valence-electron chi connectivity index (χ3n) is 4.52. The van der Waals surface area contributed by atoms with E-state index in [0.29, 0.717) is 22.1 Å². The zero-order valence-corrected chi connectivity index (χ0v) is 16.9. The van der Waals surface area contributed by atoms with Crippen molar-refractivity contribution in [3.8, 4) is 5.75 Å². The quantitative estimate of drug-likeness (QED) is 0.728. The van der Waals surface area contributed by atoms with Gasteiger partial charge < -0.3 is 19.7 Å². The summed E-state index contributed by atoms with van der Waals surface area (Å²) in [6.45, 7) is 1.96. The molecular formula is C21H21ClN2O5. The van der Waals surface area contributed by atoms with Crippen LogP contribution in [0.15, 0.2) is 42.5 Å².